The summed E-state index contributed by atoms with van der Waals surface area (Å²) in [5.41, 5.74) is 0.478. The van der Waals surface area contributed by atoms with E-state index in [0.29, 0.717) is 17.4 Å². The first-order valence-electron chi connectivity index (χ1n) is 6.68. The van der Waals surface area contributed by atoms with Crippen LogP contribution in [0.25, 0.3) is 0 Å². The Balaban J connectivity index is 1.97. The van der Waals surface area contributed by atoms with Crippen LogP contribution in [-0.2, 0) is 4.74 Å². The SMILES string of the molecule is CNc1cccc(C(=O)N(C)CC2CCCOC2)n1. The number of aromatic nitrogens is 1. The third kappa shape index (κ3) is 3.67. The summed E-state index contributed by atoms with van der Waals surface area (Å²) in [5.74, 6) is 1.11. The Kier molecular flexibility index (Phi) is 4.74. The number of hydrogen-bond acceptors (Lipinski definition) is 4. The first-order valence-corrected chi connectivity index (χ1v) is 6.68. The topological polar surface area (TPSA) is 54.5 Å². The summed E-state index contributed by atoms with van der Waals surface area (Å²) in [6.45, 7) is 2.33. The number of nitrogens with zero attached hydrogens (tertiary/aromatic N) is 2. The first-order chi connectivity index (χ1) is 9.20. The third-order valence-corrected chi connectivity index (χ3v) is 3.36. The smallest absolute Gasteiger partial charge is 0.272 e. The molecular weight excluding hydrogens is 242 g/mol. The Bertz CT molecular complexity index is 430. The van der Waals surface area contributed by atoms with Crippen LogP contribution in [0.5, 0.6) is 0 Å². The van der Waals surface area contributed by atoms with Crippen molar-refractivity contribution in [1.82, 2.24) is 9.88 Å². The lowest BCUT2D eigenvalue weighted by atomic mass is 10.0. The largest absolute Gasteiger partial charge is 0.381 e. The molecule has 0 radical (unpaired) electrons. The fraction of sp³-hybridized carbons (Fsp3) is 0.571. The van der Waals surface area contributed by atoms with Crippen LogP contribution in [0.1, 0.15) is 23.3 Å². The van der Waals surface area contributed by atoms with Gasteiger partial charge in [0.2, 0.25) is 0 Å². The number of carbonyl (C=O) groups is 1. The number of amides is 1. The summed E-state index contributed by atoms with van der Waals surface area (Å²) in [6.07, 6.45) is 2.21. The molecule has 19 heavy (non-hydrogen) atoms. The highest BCUT2D eigenvalue weighted by molar-refractivity contribution is 5.92. The maximum absolute atomic E-state index is 12.3. The average Bonchev–Trinajstić information content (AvgIpc) is 2.47. The van der Waals surface area contributed by atoms with E-state index < -0.39 is 0 Å². The predicted molar refractivity (Wildman–Crippen MR) is 74.3 cm³/mol. The van der Waals surface area contributed by atoms with Crippen LogP contribution in [0.2, 0.25) is 0 Å². The second-order valence-corrected chi connectivity index (χ2v) is 4.93. The molecule has 0 aromatic carbocycles. The highest BCUT2D eigenvalue weighted by Crippen LogP contribution is 2.15. The molecule has 1 unspecified atom stereocenters. The van der Waals surface area contributed by atoms with Gasteiger partial charge in [0.25, 0.3) is 5.91 Å². The normalized spacial score (nSPS) is 18.9. The van der Waals surface area contributed by atoms with E-state index in [1.54, 1.807) is 18.0 Å². The van der Waals surface area contributed by atoms with E-state index in [9.17, 15) is 4.79 Å². The second-order valence-electron chi connectivity index (χ2n) is 4.93. The maximum Gasteiger partial charge on any atom is 0.272 e. The van der Waals surface area contributed by atoms with Crippen molar-refractivity contribution in [2.75, 3.05) is 39.2 Å². The molecule has 5 nitrogen and oxygen atoms in total. The van der Waals surface area contributed by atoms with Gasteiger partial charge in [-0.2, -0.15) is 0 Å². The van der Waals surface area contributed by atoms with E-state index in [2.05, 4.69) is 10.3 Å². The highest BCUT2D eigenvalue weighted by atomic mass is 16.5. The zero-order valence-corrected chi connectivity index (χ0v) is 11.6. The molecule has 1 amide bonds. The van der Waals surface area contributed by atoms with Crippen LogP contribution < -0.4 is 5.32 Å². The molecular formula is C14H21N3O2. The van der Waals surface area contributed by atoms with Gasteiger partial charge in [-0.1, -0.05) is 6.07 Å². The van der Waals surface area contributed by atoms with Crippen LogP contribution >= 0.6 is 0 Å². The Morgan fingerprint density at radius 3 is 3.11 bits per heavy atom. The number of hydrogen-bond donors (Lipinski definition) is 1. The minimum atomic E-state index is -0.0392. The Morgan fingerprint density at radius 1 is 1.58 bits per heavy atom. The number of carbonyl (C=O) groups excluding carboxylic acids is 1. The third-order valence-electron chi connectivity index (χ3n) is 3.36. The maximum atomic E-state index is 12.3. The highest BCUT2D eigenvalue weighted by Gasteiger charge is 2.20. The van der Waals surface area contributed by atoms with E-state index in [1.807, 2.05) is 19.2 Å². The van der Waals surface area contributed by atoms with Crippen molar-refractivity contribution < 1.29 is 9.53 Å². The molecule has 2 rings (SSSR count). The molecule has 0 spiro atoms. The van der Waals surface area contributed by atoms with Gasteiger partial charge in [-0.05, 0) is 30.9 Å². The monoisotopic (exact) mass is 263 g/mol. The molecule has 0 saturated carbocycles. The van der Waals surface area contributed by atoms with Gasteiger partial charge >= 0.3 is 0 Å². The molecule has 1 aromatic heterocycles. The van der Waals surface area contributed by atoms with Gasteiger partial charge < -0.3 is 15.0 Å². The minimum Gasteiger partial charge on any atom is -0.381 e. The van der Waals surface area contributed by atoms with Crippen molar-refractivity contribution in [3.63, 3.8) is 0 Å². The van der Waals surface area contributed by atoms with Crippen molar-refractivity contribution in [2.24, 2.45) is 5.92 Å². The van der Waals surface area contributed by atoms with Gasteiger partial charge in [0.05, 0.1) is 6.61 Å². The van der Waals surface area contributed by atoms with Crippen molar-refractivity contribution in [3.05, 3.63) is 23.9 Å². The lowest BCUT2D eigenvalue weighted by molar-refractivity contribution is 0.0387. The molecule has 0 bridgehead atoms. The quantitative estimate of drug-likeness (QED) is 0.897. The van der Waals surface area contributed by atoms with E-state index in [1.165, 1.54) is 0 Å². The number of rotatable bonds is 4. The zero-order chi connectivity index (χ0) is 13.7. The average molecular weight is 263 g/mol. The molecule has 1 aromatic rings. The van der Waals surface area contributed by atoms with Gasteiger partial charge in [-0.15, -0.1) is 0 Å². The number of nitrogens with one attached hydrogen (secondary N) is 1. The molecule has 1 aliphatic rings. The van der Waals surface area contributed by atoms with Crippen LogP contribution in [-0.4, -0.2) is 49.6 Å². The van der Waals surface area contributed by atoms with Gasteiger partial charge in [-0.25, -0.2) is 4.98 Å². The van der Waals surface area contributed by atoms with Crippen molar-refractivity contribution in [1.29, 1.82) is 0 Å². The molecule has 104 valence electrons. The Morgan fingerprint density at radius 2 is 2.42 bits per heavy atom. The molecule has 1 atom stereocenters. The van der Waals surface area contributed by atoms with Gasteiger partial charge in [0.1, 0.15) is 11.5 Å². The van der Waals surface area contributed by atoms with Crippen molar-refractivity contribution in [2.45, 2.75) is 12.8 Å². The van der Waals surface area contributed by atoms with Crippen LogP contribution in [0.4, 0.5) is 5.82 Å². The Labute approximate surface area is 114 Å². The summed E-state index contributed by atoms with van der Waals surface area (Å²) in [5, 5.41) is 2.94. The fourth-order valence-corrected chi connectivity index (χ4v) is 2.31. The van der Waals surface area contributed by atoms with E-state index in [0.717, 1.165) is 32.6 Å². The second kappa shape index (κ2) is 6.52. The lowest BCUT2D eigenvalue weighted by Crippen LogP contribution is -2.35. The summed E-state index contributed by atoms with van der Waals surface area (Å²) < 4.78 is 5.44. The van der Waals surface area contributed by atoms with Crippen molar-refractivity contribution >= 4 is 11.7 Å². The summed E-state index contributed by atoms with van der Waals surface area (Å²) in [7, 11) is 3.62. The van der Waals surface area contributed by atoms with Gasteiger partial charge in [0, 0.05) is 27.2 Å². The van der Waals surface area contributed by atoms with Gasteiger partial charge in [0.15, 0.2) is 0 Å². The standard InChI is InChI=1S/C14H21N3O2/c1-15-13-7-3-6-12(16-13)14(18)17(2)9-11-5-4-8-19-10-11/h3,6-7,11H,4-5,8-10H2,1-2H3,(H,15,16). The molecule has 1 fully saturated rings. The van der Waals surface area contributed by atoms with Crippen LogP contribution in [0.3, 0.4) is 0 Å². The van der Waals surface area contributed by atoms with E-state index in [4.69, 9.17) is 4.74 Å². The minimum absolute atomic E-state index is 0.0392. The zero-order valence-electron chi connectivity index (χ0n) is 11.6. The summed E-state index contributed by atoms with van der Waals surface area (Å²) in [4.78, 5) is 18.3. The number of pyridine rings is 1. The van der Waals surface area contributed by atoms with E-state index >= 15 is 0 Å². The van der Waals surface area contributed by atoms with Gasteiger partial charge in [-0.3, -0.25) is 4.79 Å². The molecule has 5 heteroatoms. The predicted octanol–water partition coefficient (Wildman–Crippen LogP) is 1.62. The lowest BCUT2D eigenvalue weighted by Gasteiger charge is -2.27. The summed E-state index contributed by atoms with van der Waals surface area (Å²) in [6, 6.07) is 5.42. The molecule has 1 N–H and O–H groups in total. The van der Waals surface area contributed by atoms with Crippen molar-refractivity contribution in [3.8, 4) is 0 Å². The molecule has 1 saturated heterocycles. The Hall–Kier alpha value is -1.62. The molecule has 2 heterocycles. The first kappa shape index (κ1) is 13.8. The molecule has 0 aliphatic carbocycles. The fourth-order valence-electron chi connectivity index (χ4n) is 2.31. The van der Waals surface area contributed by atoms with Crippen LogP contribution in [0.15, 0.2) is 18.2 Å². The molecule has 1 aliphatic heterocycles. The van der Waals surface area contributed by atoms with Crippen LogP contribution in [0, 0.1) is 5.92 Å². The number of ether oxygens (including phenoxy) is 1. The van der Waals surface area contributed by atoms with E-state index in [-0.39, 0.29) is 5.91 Å². The number of anilines is 1. The summed E-state index contributed by atoms with van der Waals surface area (Å²) >= 11 is 0.